The second-order valence-electron chi connectivity index (χ2n) is 4.51. The lowest BCUT2D eigenvalue weighted by Crippen LogP contribution is -2.18. The standard InChI is InChI=1S/C13H22N2O2S/c1-4-5-11(2)10-15-12-6-8-13(9-7-12)18(16,17)14-3/h6-9,11,14-15H,4-5,10H2,1-3H3. The molecule has 0 aromatic heterocycles. The summed E-state index contributed by atoms with van der Waals surface area (Å²) in [7, 11) is -1.92. The van der Waals surface area contributed by atoms with Crippen LogP contribution in [0.5, 0.6) is 0 Å². The Morgan fingerprint density at radius 1 is 1.22 bits per heavy atom. The average molecular weight is 270 g/mol. The van der Waals surface area contributed by atoms with Gasteiger partial charge in [-0.2, -0.15) is 0 Å². The van der Waals surface area contributed by atoms with Gasteiger partial charge in [0, 0.05) is 12.2 Å². The molecule has 0 bridgehead atoms. The van der Waals surface area contributed by atoms with Crippen LogP contribution in [0.15, 0.2) is 29.2 Å². The number of benzene rings is 1. The summed E-state index contributed by atoms with van der Waals surface area (Å²) >= 11 is 0. The number of sulfonamides is 1. The molecule has 0 spiro atoms. The van der Waals surface area contributed by atoms with Crippen molar-refractivity contribution < 1.29 is 8.42 Å². The molecule has 18 heavy (non-hydrogen) atoms. The van der Waals surface area contributed by atoms with Crippen LogP contribution in [0.2, 0.25) is 0 Å². The van der Waals surface area contributed by atoms with E-state index in [-0.39, 0.29) is 4.90 Å². The second kappa shape index (κ2) is 6.75. The molecule has 102 valence electrons. The van der Waals surface area contributed by atoms with E-state index in [1.54, 1.807) is 24.3 Å². The molecule has 0 saturated heterocycles. The van der Waals surface area contributed by atoms with Gasteiger partial charge in [0.15, 0.2) is 0 Å². The van der Waals surface area contributed by atoms with Crippen LogP contribution in [0, 0.1) is 5.92 Å². The van der Waals surface area contributed by atoms with Crippen LogP contribution in [0.1, 0.15) is 26.7 Å². The zero-order chi connectivity index (χ0) is 13.6. The van der Waals surface area contributed by atoms with E-state index in [9.17, 15) is 8.42 Å². The molecule has 0 saturated carbocycles. The van der Waals surface area contributed by atoms with Crippen LogP contribution >= 0.6 is 0 Å². The maximum atomic E-state index is 11.5. The van der Waals surface area contributed by atoms with E-state index >= 15 is 0 Å². The van der Waals surface area contributed by atoms with Crippen molar-refractivity contribution in [1.29, 1.82) is 0 Å². The third kappa shape index (κ3) is 4.31. The minimum atomic E-state index is -3.33. The Morgan fingerprint density at radius 2 is 1.83 bits per heavy atom. The predicted octanol–water partition coefficient (Wildman–Crippen LogP) is 2.44. The predicted molar refractivity (Wildman–Crippen MR) is 75.2 cm³/mol. The molecule has 0 aliphatic rings. The van der Waals surface area contributed by atoms with Gasteiger partial charge in [0.25, 0.3) is 0 Å². The van der Waals surface area contributed by atoms with Gasteiger partial charge in [-0.25, -0.2) is 13.1 Å². The van der Waals surface area contributed by atoms with E-state index in [0.717, 1.165) is 12.2 Å². The zero-order valence-electron chi connectivity index (χ0n) is 11.2. The van der Waals surface area contributed by atoms with Crippen LogP contribution in [-0.4, -0.2) is 22.0 Å². The molecule has 1 unspecified atom stereocenters. The van der Waals surface area contributed by atoms with Crippen LogP contribution in [0.3, 0.4) is 0 Å². The molecule has 0 heterocycles. The fourth-order valence-electron chi connectivity index (χ4n) is 1.76. The first-order valence-corrected chi connectivity index (χ1v) is 7.75. The molecule has 0 radical (unpaired) electrons. The summed E-state index contributed by atoms with van der Waals surface area (Å²) in [6, 6.07) is 6.81. The highest BCUT2D eigenvalue weighted by Crippen LogP contribution is 2.14. The SMILES string of the molecule is CCCC(C)CNc1ccc(S(=O)(=O)NC)cc1. The van der Waals surface area contributed by atoms with E-state index in [4.69, 9.17) is 0 Å². The Labute approximate surface area is 110 Å². The van der Waals surface area contributed by atoms with Crippen LogP contribution in [0.4, 0.5) is 5.69 Å². The van der Waals surface area contributed by atoms with Gasteiger partial charge < -0.3 is 5.32 Å². The van der Waals surface area contributed by atoms with Crippen molar-refractivity contribution in [3.8, 4) is 0 Å². The number of hydrogen-bond donors (Lipinski definition) is 2. The lowest BCUT2D eigenvalue weighted by Gasteiger charge is -2.12. The molecular weight excluding hydrogens is 248 g/mol. The fraction of sp³-hybridized carbons (Fsp3) is 0.538. The third-order valence-electron chi connectivity index (χ3n) is 2.87. The smallest absolute Gasteiger partial charge is 0.240 e. The molecule has 0 fully saturated rings. The molecule has 2 N–H and O–H groups in total. The van der Waals surface area contributed by atoms with E-state index in [0.29, 0.717) is 5.92 Å². The third-order valence-corrected chi connectivity index (χ3v) is 4.30. The van der Waals surface area contributed by atoms with Gasteiger partial charge in [-0.3, -0.25) is 0 Å². The first kappa shape index (κ1) is 15.0. The normalized spacial score (nSPS) is 13.3. The van der Waals surface area contributed by atoms with Crippen molar-refractivity contribution in [3.05, 3.63) is 24.3 Å². The maximum Gasteiger partial charge on any atom is 0.240 e. The molecule has 1 atom stereocenters. The molecule has 5 heteroatoms. The summed E-state index contributed by atoms with van der Waals surface area (Å²) in [5.41, 5.74) is 0.952. The van der Waals surface area contributed by atoms with Gasteiger partial charge in [-0.1, -0.05) is 20.3 Å². The van der Waals surface area contributed by atoms with Crippen LogP contribution in [0.25, 0.3) is 0 Å². The Kier molecular flexibility index (Phi) is 5.62. The van der Waals surface area contributed by atoms with Crippen molar-refractivity contribution in [2.24, 2.45) is 5.92 Å². The highest BCUT2D eigenvalue weighted by Gasteiger charge is 2.10. The lowest BCUT2D eigenvalue weighted by atomic mass is 10.1. The second-order valence-corrected chi connectivity index (χ2v) is 6.39. The average Bonchev–Trinajstić information content (AvgIpc) is 2.37. The van der Waals surface area contributed by atoms with Crippen LogP contribution in [-0.2, 0) is 10.0 Å². The van der Waals surface area contributed by atoms with E-state index in [1.165, 1.54) is 19.9 Å². The highest BCUT2D eigenvalue weighted by molar-refractivity contribution is 7.89. The minimum Gasteiger partial charge on any atom is -0.385 e. The largest absolute Gasteiger partial charge is 0.385 e. The van der Waals surface area contributed by atoms with Crippen molar-refractivity contribution in [1.82, 2.24) is 4.72 Å². The van der Waals surface area contributed by atoms with Crippen LogP contribution < -0.4 is 10.0 Å². The summed E-state index contributed by atoms with van der Waals surface area (Å²) in [4.78, 5) is 0.289. The Morgan fingerprint density at radius 3 is 2.33 bits per heavy atom. The monoisotopic (exact) mass is 270 g/mol. The number of nitrogens with one attached hydrogen (secondary N) is 2. The van der Waals surface area contributed by atoms with Gasteiger partial charge in [-0.05, 0) is 43.7 Å². The van der Waals surface area contributed by atoms with Crippen molar-refractivity contribution >= 4 is 15.7 Å². The molecule has 4 nitrogen and oxygen atoms in total. The fourth-order valence-corrected chi connectivity index (χ4v) is 2.49. The molecule has 1 aromatic carbocycles. The number of rotatable bonds is 7. The molecule has 0 amide bonds. The van der Waals surface area contributed by atoms with Gasteiger partial charge >= 0.3 is 0 Å². The number of anilines is 1. The molecular formula is C13H22N2O2S. The molecule has 0 aliphatic heterocycles. The quantitative estimate of drug-likeness (QED) is 0.800. The first-order valence-electron chi connectivity index (χ1n) is 6.27. The summed E-state index contributed by atoms with van der Waals surface area (Å²) < 4.78 is 25.4. The number of hydrogen-bond acceptors (Lipinski definition) is 3. The molecule has 1 aromatic rings. The van der Waals surface area contributed by atoms with Crippen molar-refractivity contribution in [2.75, 3.05) is 18.9 Å². The lowest BCUT2D eigenvalue weighted by molar-refractivity contribution is 0.551. The van der Waals surface area contributed by atoms with E-state index < -0.39 is 10.0 Å². The highest BCUT2D eigenvalue weighted by atomic mass is 32.2. The van der Waals surface area contributed by atoms with Crippen molar-refractivity contribution in [2.45, 2.75) is 31.6 Å². The molecule has 0 aliphatic carbocycles. The van der Waals surface area contributed by atoms with E-state index in [1.807, 2.05) is 0 Å². The Balaban J connectivity index is 2.61. The summed E-state index contributed by atoms with van der Waals surface area (Å²) in [6.07, 6.45) is 2.38. The summed E-state index contributed by atoms with van der Waals surface area (Å²) in [6.45, 7) is 5.29. The van der Waals surface area contributed by atoms with Gasteiger partial charge in [0.1, 0.15) is 0 Å². The zero-order valence-corrected chi connectivity index (χ0v) is 12.0. The summed E-state index contributed by atoms with van der Waals surface area (Å²) in [5, 5.41) is 3.31. The van der Waals surface area contributed by atoms with E-state index in [2.05, 4.69) is 23.9 Å². The summed E-state index contributed by atoms with van der Waals surface area (Å²) in [5.74, 6) is 0.621. The van der Waals surface area contributed by atoms with Gasteiger partial charge in [0.2, 0.25) is 10.0 Å². The Hall–Kier alpha value is -1.07. The first-order chi connectivity index (χ1) is 8.49. The molecule has 1 rings (SSSR count). The Bertz CT molecular complexity index is 454. The maximum absolute atomic E-state index is 11.5. The topological polar surface area (TPSA) is 58.2 Å². The minimum absolute atomic E-state index is 0.289. The van der Waals surface area contributed by atoms with Gasteiger partial charge in [-0.15, -0.1) is 0 Å². The van der Waals surface area contributed by atoms with Crippen molar-refractivity contribution in [3.63, 3.8) is 0 Å². The van der Waals surface area contributed by atoms with Gasteiger partial charge in [0.05, 0.1) is 4.90 Å².